The molecule has 17 heavy (non-hydrogen) atoms. The van der Waals surface area contributed by atoms with Crippen LogP contribution in [0, 0.1) is 5.82 Å². The van der Waals surface area contributed by atoms with Crippen LogP contribution < -0.4 is 0 Å². The number of carbonyl (C=O) groups excluding carboxylic acids is 1. The third-order valence-corrected chi connectivity index (χ3v) is 4.11. The standard InChI is InChI=1S/C12H14FNO2S/c1-14(9-4-5-17-7-9)12(16)10-6-8(13)2-3-11(10)15/h2-3,6,9,15H,4-5,7H2,1H3. The molecular formula is C12H14FNO2S. The van der Waals surface area contributed by atoms with E-state index in [4.69, 9.17) is 0 Å². The van der Waals surface area contributed by atoms with Crippen molar-refractivity contribution in [1.82, 2.24) is 4.90 Å². The lowest BCUT2D eigenvalue weighted by Gasteiger charge is -2.24. The zero-order valence-corrected chi connectivity index (χ0v) is 10.3. The molecule has 1 N–H and O–H groups in total. The number of benzene rings is 1. The first-order valence-corrected chi connectivity index (χ1v) is 6.58. The number of rotatable bonds is 2. The number of halogens is 1. The Morgan fingerprint density at radius 3 is 3.00 bits per heavy atom. The van der Waals surface area contributed by atoms with E-state index in [1.165, 1.54) is 6.07 Å². The number of thioether (sulfide) groups is 1. The molecule has 0 bridgehead atoms. The second-order valence-electron chi connectivity index (χ2n) is 4.09. The molecule has 1 aromatic rings. The van der Waals surface area contributed by atoms with Gasteiger partial charge in [-0.15, -0.1) is 0 Å². The van der Waals surface area contributed by atoms with Gasteiger partial charge in [0.2, 0.25) is 0 Å². The minimum absolute atomic E-state index is 0.0319. The van der Waals surface area contributed by atoms with Gasteiger partial charge in [-0.2, -0.15) is 11.8 Å². The Morgan fingerprint density at radius 2 is 2.35 bits per heavy atom. The second kappa shape index (κ2) is 4.96. The molecule has 5 heteroatoms. The van der Waals surface area contributed by atoms with Crippen LogP contribution in [0.5, 0.6) is 5.75 Å². The molecule has 1 atom stereocenters. The van der Waals surface area contributed by atoms with E-state index in [1.807, 2.05) is 0 Å². The molecule has 0 radical (unpaired) electrons. The van der Waals surface area contributed by atoms with Crippen LogP contribution in [0.15, 0.2) is 18.2 Å². The van der Waals surface area contributed by atoms with E-state index in [2.05, 4.69) is 0 Å². The van der Waals surface area contributed by atoms with E-state index in [1.54, 1.807) is 23.7 Å². The van der Waals surface area contributed by atoms with E-state index in [0.717, 1.165) is 30.1 Å². The Morgan fingerprint density at radius 1 is 1.59 bits per heavy atom. The quantitative estimate of drug-likeness (QED) is 0.880. The summed E-state index contributed by atoms with van der Waals surface area (Å²) in [7, 11) is 1.70. The molecule has 1 fully saturated rings. The molecule has 0 spiro atoms. The number of aromatic hydroxyl groups is 1. The summed E-state index contributed by atoms with van der Waals surface area (Å²) in [4.78, 5) is 13.7. The van der Waals surface area contributed by atoms with Gasteiger partial charge in [-0.05, 0) is 30.4 Å². The molecule has 0 saturated carbocycles. The first-order valence-electron chi connectivity index (χ1n) is 5.43. The highest BCUT2D eigenvalue weighted by Gasteiger charge is 2.26. The van der Waals surface area contributed by atoms with E-state index >= 15 is 0 Å². The largest absolute Gasteiger partial charge is 0.507 e. The Balaban J connectivity index is 2.20. The maximum atomic E-state index is 13.1. The summed E-state index contributed by atoms with van der Waals surface area (Å²) in [5.41, 5.74) is 0.0319. The zero-order valence-electron chi connectivity index (χ0n) is 9.52. The smallest absolute Gasteiger partial charge is 0.257 e. The third kappa shape index (κ3) is 2.54. The predicted molar refractivity (Wildman–Crippen MR) is 65.9 cm³/mol. The normalized spacial score (nSPS) is 19.3. The number of nitrogens with zero attached hydrogens (tertiary/aromatic N) is 1. The lowest BCUT2D eigenvalue weighted by Crippen LogP contribution is -2.37. The van der Waals surface area contributed by atoms with Crippen LogP contribution in [0.2, 0.25) is 0 Å². The van der Waals surface area contributed by atoms with Gasteiger partial charge < -0.3 is 10.0 Å². The van der Waals surface area contributed by atoms with Crippen LogP contribution in [-0.2, 0) is 0 Å². The summed E-state index contributed by atoms with van der Waals surface area (Å²) in [6, 6.07) is 3.60. The predicted octanol–water partition coefficient (Wildman–Crippen LogP) is 2.11. The molecule has 1 heterocycles. The maximum absolute atomic E-state index is 13.1. The van der Waals surface area contributed by atoms with Gasteiger partial charge in [0.05, 0.1) is 5.56 Å². The highest BCUT2D eigenvalue weighted by atomic mass is 32.2. The van der Waals surface area contributed by atoms with Crippen molar-refractivity contribution >= 4 is 17.7 Å². The molecule has 1 amide bonds. The molecule has 1 aromatic carbocycles. The topological polar surface area (TPSA) is 40.5 Å². The maximum Gasteiger partial charge on any atom is 0.257 e. The summed E-state index contributed by atoms with van der Waals surface area (Å²) in [5.74, 6) is 0.930. The fourth-order valence-corrected chi connectivity index (χ4v) is 3.13. The number of amides is 1. The molecule has 92 valence electrons. The lowest BCUT2D eigenvalue weighted by molar-refractivity contribution is 0.0744. The summed E-state index contributed by atoms with van der Waals surface area (Å²) in [6.45, 7) is 0. The second-order valence-corrected chi connectivity index (χ2v) is 5.24. The molecule has 1 saturated heterocycles. The molecular weight excluding hydrogens is 241 g/mol. The summed E-state index contributed by atoms with van der Waals surface area (Å²) < 4.78 is 13.1. The van der Waals surface area contributed by atoms with Crippen LogP contribution in [0.1, 0.15) is 16.8 Å². The van der Waals surface area contributed by atoms with Crippen molar-refractivity contribution in [3.05, 3.63) is 29.6 Å². The van der Waals surface area contributed by atoms with Crippen LogP contribution in [0.4, 0.5) is 4.39 Å². The zero-order chi connectivity index (χ0) is 12.4. The molecule has 2 rings (SSSR count). The van der Waals surface area contributed by atoms with Gasteiger partial charge in [0.25, 0.3) is 5.91 Å². The van der Waals surface area contributed by atoms with E-state index < -0.39 is 5.82 Å². The van der Waals surface area contributed by atoms with E-state index in [0.29, 0.717) is 0 Å². The van der Waals surface area contributed by atoms with Crippen molar-refractivity contribution < 1.29 is 14.3 Å². The van der Waals surface area contributed by atoms with Gasteiger partial charge in [0.1, 0.15) is 11.6 Å². The van der Waals surface area contributed by atoms with Gasteiger partial charge in [-0.3, -0.25) is 4.79 Å². The monoisotopic (exact) mass is 255 g/mol. The summed E-state index contributed by atoms with van der Waals surface area (Å²) in [6.07, 6.45) is 0.947. The molecule has 0 aliphatic carbocycles. The van der Waals surface area contributed by atoms with Crippen molar-refractivity contribution in [2.45, 2.75) is 12.5 Å². The lowest BCUT2D eigenvalue weighted by atomic mass is 10.1. The van der Waals surface area contributed by atoms with Crippen LogP contribution in [-0.4, -0.2) is 40.5 Å². The van der Waals surface area contributed by atoms with Gasteiger partial charge in [-0.25, -0.2) is 4.39 Å². The highest BCUT2D eigenvalue weighted by Crippen LogP contribution is 2.25. The first kappa shape index (κ1) is 12.2. The minimum atomic E-state index is -0.514. The Labute approximate surface area is 104 Å². The number of phenols is 1. The summed E-state index contributed by atoms with van der Waals surface area (Å²) in [5, 5.41) is 9.58. The fourth-order valence-electron chi connectivity index (χ4n) is 1.86. The average molecular weight is 255 g/mol. The third-order valence-electron chi connectivity index (χ3n) is 2.96. The molecule has 1 unspecified atom stereocenters. The molecule has 1 aliphatic rings. The van der Waals surface area contributed by atoms with E-state index in [-0.39, 0.29) is 23.3 Å². The molecule has 1 aliphatic heterocycles. The van der Waals surface area contributed by atoms with Crippen LogP contribution >= 0.6 is 11.8 Å². The van der Waals surface area contributed by atoms with Gasteiger partial charge in [0.15, 0.2) is 0 Å². The van der Waals surface area contributed by atoms with Gasteiger partial charge in [-0.1, -0.05) is 0 Å². The van der Waals surface area contributed by atoms with Gasteiger partial charge in [0, 0.05) is 18.8 Å². The van der Waals surface area contributed by atoms with Crippen LogP contribution in [0.25, 0.3) is 0 Å². The molecule has 0 aromatic heterocycles. The Kier molecular flexibility index (Phi) is 3.57. The Hall–Kier alpha value is -1.23. The van der Waals surface area contributed by atoms with Crippen molar-refractivity contribution in [3.63, 3.8) is 0 Å². The highest BCUT2D eigenvalue weighted by molar-refractivity contribution is 7.99. The van der Waals surface area contributed by atoms with Crippen molar-refractivity contribution in [3.8, 4) is 5.75 Å². The first-order chi connectivity index (χ1) is 8.09. The van der Waals surface area contributed by atoms with Gasteiger partial charge >= 0.3 is 0 Å². The average Bonchev–Trinajstić information content (AvgIpc) is 2.84. The summed E-state index contributed by atoms with van der Waals surface area (Å²) >= 11 is 1.80. The van der Waals surface area contributed by atoms with Crippen LogP contribution in [0.3, 0.4) is 0 Å². The number of carbonyl (C=O) groups is 1. The van der Waals surface area contributed by atoms with Crippen molar-refractivity contribution in [2.75, 3.05) is 18.6 Å². The fraction of sp³-hybridized carbons (Fsp3) is 0.417. The SMILES string of the molecule is CN(C(=O)c1cc(F)ccc1O)C1CCSC1. The van der Waals surface area contributed by atoms with Crippen molar-refractivity contribution in [1.29, 1.82) is 0 Å². The number of hydrogen-bond donors (Lipinski definition) is 1. The number of phenolic OH excluding ortho intramolecular Hbond substituents is 1. The minimum Gasteiger partial charge on any atom is -0.507 e. The number of hydrogen-bond acceptors (Lipinski definition) is 3. The van der Waals surface area contributed by atoms with E-state index in [9.17, 15) is 14.3 Å². The van der Waals surface area contributed by atoms with Crippen molar-refractivity contribution in [2.24, 2.45) is 0 Å². The Bertz CT molecular complexity index is 433. The molecule has 3 nitrogen and oxygen atoms in total.